The molecule has 104 valence electrons. The van der Waals surface area contributed by atoms with Gasteiger partial charge in [0.1, 0.15) is 5.82 Å². The topological polar surface area (TPSA) is 37.8 Å². The molecule has 4 rings (SSSR count). The van der Waals surface area contributed by atoms with Crippen LogP contribution in [0, 0.1) is 11.8 Å². The zero-order chi connectivity index (χ0) is 13.7. The van der Waals surface area contributed by atoms with Crippen LogP contribution in [0.4, 0.5) is 5.82 Å². The van der Waals surface area contributed by atoms with E-state index in [4.69, 9.17) is 23.2 Å². The average molecular weight is 308 g/mol. The number of halogens is 2. The number of hydrogen-bond donors (Lipinski definition) is 1. The first-order chi connectivity index (χ1) is 9.69. The van der Waals surface area contributed by atoms with Crippen LogP contribution in [0.1, 0.15) is 25.7 Å². The van der Waals surface area contributed by atoms with Crippen molar-refractivity contribution >= 4 is 39.9 Å². The Morgan fingerprint density at radius 2 is 2.00 bits per heavy atom. The molecule has 1 heterocycles. The van der Waals surface area contributed by atoms with Gasteiger partial charge in [0.05, 0.1) is 5.52 Å². The fraction of sp³-hybridized carbons (Fsp3) is 0.467. The van der Waals surface area contributed by atoms with Crippen LogP contribution >= 0.6 is 23.2 Å². The Morgan fingerprint density at radius 3 is 2.75 bits per heavy atom. The summed E-state index contributed by atoms with van der Waals surface area (Å²) in [7, 11) is 0. The van der Waals surface area contributed by atoms with Crippen LogP contribution in [-0.2, 0) is 0 Å². The number of benzene rings is 1. The van der Waals surface area contributed by atoms with E-state index in [1.807, 2.05) is 18.2 Å². The van der Waals surface area contributed by atoms with Crippen LogP contribution in [0.2, 0.25) is 10.3 Å². The summed E-state index contributed by atoms with van der Waals surface area (Å²) >= 11 is 12.1. The Hall–Kier alpha value is -1.06. The van der Waals surface area contributed by atoms with Crippen molar-refractivity contribution in [1.29, 1.82) is 0 Å². The molecular weight excluding hydrogens is 293 g/mol. The molecule has 0 radical (unpaired) electrons. The molecule has 0 saturated heterocycles. The monoisotopic (exact) mass is 307 g/mol. The molecule has 2 saturated carbocycles. The highest BCUT2D eigenvalue weighted by Crippen LogP contribution is 2.45. The molecule has 20 heavy (non-hydrogen) atoms. The number of rotatable bonds is 2. The molecular formula is C15H15Cl2N3. The van der Waals surface area contributed by atoms with Crippen LogP contribution in [-0.4, -0.2) is 16.0 Å². The first-order valence-electron chi connectivity index (χ1n) is 7.08. The van der Waals surface area contributed by atoms with Crippen LogP contribution in [0.25, 0.3) is 10.9 Å². The Kier molecular flexibility index (Phi) is 3.00. The molecule has 1 N–H and O–H groups in total. The Bertz CT molecular complexity index is 673. The van der Waals surface area contributed by atoms with E-state index >= 15 is 0 Å². The van der Waals surface area contributed by atoms with Gasteiger partial charge in [0.2, 0.25) is 5.28 Å². The molecule has 3 atom stereocenters. The third kappa shape index (κ3) is 2.13. The Labute approximate surface area is 127 Å². The normalized spacial score (nSPS) is 28.2. The Balaban J connectivity index is 1.73. The summed E-state index contributed by atoms with van der Waals surface area (Å²) in [5, 5.41) is 5.51. The predicted molar refractivity (Wildman–Crippen MR) is 82.4 cm³/mol. The van der Waals surface area contributed by atoms with E-state index in [1.54, 1.807) is 0 Å². The summed E-state index contributed by atoms with van der Waals surface area (Å²) in [4.78, 5) is 8.63. The maximum atomic E-state index is 6.09. The van der Waals surface area contributed by atoms with Gasteiger partial charge in [-0.15, -0.1) is 0 Å². The van der Waals surface area contributed by atoms with Crippen molar-refractivity contribution in [2.45, 2.75) is 31.7 Å². The minimum atomic E-state index is 0.283. The third-order valence-corrected chi connectivity index (χ3v) is 5.09. The van der Waals surface area contributed by atoms with Gasteiger partial charge in [-0.1, -0.05) is 18.0 Å². The maximum absolute atomic E-state index is 6.09. The summed E-state index contributed by atoms with van der Waals surface area (Å²) in [5.41, 5.74) is 0.833. The molecule has 0 spiro atoms. The van der Waals surface area contributed by atoms with Crippen LogP contribution in [0.15, 0.2) is 18.2 Å². The minimum Gasteiger partial charge on any atom is -0.366 e. The summed E-state index contributed by atoms with van der Waals surface area (Å²) in [6.07, 6.45) is 5.32. The molecule has 2 aliphatic rings. The second-order valence-electron chi connectivity index (χ2n) is 5.93. The van der Waals surface area contributed by atoms with E-state index in [1.165, 1.54) is 25.7 Å². The fourth-order valence-corrected chi connectivity index (χ4v) is 4.13. The van der Waals surface area contributed by atoms with E-state index in [0.29, 0.717) is 11.1 Å². The lowest BCUT2D eigenvalue weighted by Gasteiger charge is -2.24. The number of fused-ring (bicyclic) bond motifs is 3. The quantitative estimate of drug-likeness (QED) is 0.828. The molecule has 3 nitrogen and oxygen atoms in total. The number of nitrogens with zero attached hydrogens (tertiary/aromatic N) is 2. The lowest BCUT2D eigenvalue weighted by atomic mass is 9.95. The predicted octanol–water partition coefficient (Wildman–Crippen LogP) is 4.54. The second-order valence-corrected chi connectivity index (χ2v) is 6.70. The van der Waals surface area contributed by atoms with E-state index in [9.17, 15) is 0 Å². The van der Waals surface area contributed by atoms with Gasteiger partial charge in [0.25, 0.3) is 0 Å². The molecule has 5 heteroatoms. The van der Waals surface area contributed by atoms with Crippen LogP contribution in [0.5, 0.6) is 0 Å². The molecule has 0 amide bonds. The highest BCUT2D eigenvalue weighted by atomic mass is 35.5. The third-order valence-electron chi connectivity index (χ3n) is 4.69. The molecule has 1 aromatic carbocycles. The lowest BCUT2D eigenvalue weighted by molar-refractivity contribution is 0.439. The van der Waals surface area contributed by atoms with Crippen molar-refractivity contribution in [1.82, 2.24) is 9.97 Å². The number of anilines is 1. The first-order valence-corrected chi connectivity index (χ1v) is 7.84. The lowest BCUT2D eigenvalue weighted by Crippen LogP contribution is -2.26. The van der Waals surface area contributed by atoms with Gasteiger partial charge in [-0.05, 0) is 60.9 Å². The van der Waals surface area contributed by atoms with Crippen LogP contribution < -0.4 is 5.32 Å². The molecule has 1 aromatic heterocycles. The highest BCUT2D eigenvalue weighted by molar-refractivity contribution is 6.31. The van der Waals surface area contributed by atoms with E-state index in [2.05, 4.69) is 15.3 Å². The maximum Gasteiger partial charge on any atom is 0.224 e. The van der Waals surface area contributed by atoms with Gasteiger partial charge in [-0.3, -0.25) is 0 Å². The number of nitrogens with one attached hydrogen (secondary N) is 1. The zero-order valence-electron chi connectivity index (χ0n) is 10.9. The van der Waals surface area contributed by atoms with Gasteiger partial charge < -0.3 is 5.32 Å². The van der Waals surface area contributed by atoms with Gasteiger partial charge in [0.15, 0.2) is 0 Å². The number of hydrogen-bond acceptors (Lipinski definition) is 3. The highest BCUT2D eigenvalue weighted by Gasteiger charge is 2.39. The zero-order valence-corrected chi connectivity index (χ0v) is 12.5. The first kappa shape index (κ1) is 12.7. The van der Waals surface area contributed by atoms with E-state index in [0.717, 1.165) is 28.6 Å². The summed E-state index contributed by atoms with van der Waals surface area (Å²) < 4.78 is 0. The van der Waals surface area contributed by atoms with Crippen molar-refractivity contribution in [3.05, 3.63) is 28.5 Å². The van der Waals surface area contributed by atoms with Crippen molar-refractivity contribution in [3.63, 3.8) is 0 Å². The smallest absolute Gasteiger partial charge is 0.224 e. The molecule has 2 bridgehead atoms. The molecule has 0 aliphatic heterocycles. The van der Waals surface area contributed by atoms with Gasteiger partial charge in [-0.2, -0.15) is 0 Å². The molecule has 2 aromatic rings. The summed E-state index contributed by atoms with van der Waals surface area (Å²) in [5.74, 6) is 2.49. The largest absolute Gasteiger partial charge is 0.366 e. The van der Waals surface area contributed by atoms with Crippen molar-refractivity contribution in [2.75, 3.05) is 5.32 Å². The Morgan fingerprint density at radius 1 is 1.10 bits per heavy atom. The summed E-state index contributed by atoms with van der Waals surface area (Å²) in [6.45, 7) is 0. The minimum absolute atomic E-state index is 0.283. The average Bonchev–Trinajstić information content (AvgIpc) is 3.02. The molecule has 2 aliphatic carbocycles. The SMILES string of the molecule is Clc1ccc2nc(Cl)nc(NC3CC4CCC3C4)c2c1. The van der Waals surface area contributed by atoms with Gasteiger partial charge in [0, 0.05) is 16.5 Å². The second kappa shape index (κ2) is 4.74. The molecule has 2 fully saturated rings. The summed E-state index contributed by atoms with van der Waals surface area (Å²) in [6, 6.07) is 6.14. The fourth-order valence-electron chi connectivity index (χ4n) is 3.78. The van der Waals surface area contributed by atoms with E-state index < -0.39 is 0 Å². The van der Waals surface area contributed by atoms with Crippen molar-refractivity contribution < 1.29 is 0 Å². The van der Waals surface area contributed by atoms with Gasteiger partial charge >= 0.3 is 0 Å². The van der Waals surface area contributed by atoms with Gasteiger partial charge in [-0.25, -0.2) is 9.97 Å². The van der Waals surface area contributed by atoms with Crippen molar-refractivity contribution in [2.24, 2.45) is 11.8 Å². The van der Waals surface area contributed by atoms with E-state index in [-0.39, 0.29) is 5.28 Å². The standard InChI is InChI=1S/C15H15Cl2N3/c16-10-3-4-12-11(7-10)14(20-15(17)19-12)18-13-6-8-1-2-9(13)5-8/h3-4,7-9,13H,1-2,5-6H2,(H,18,19,20). The van der Waals surface area contributed by atoms with Crippen LogP contribution in [0.3, 0.4) is 0 Å². The van der Waals surface area contributed by atoms with Crippen molar-refractivity contribution in [3.8, 4) is 0 Å². The number of aromatic nitrogens is 2. The molecule has 3 unspecified atom stereocenters.